The van der Waals surface area contributed by atoms with Gasteiger partial charge in [0.1, 0.15) is 13.2 Å². The maximum absolute atomic E-state index is 12.8. The number of rotatable bonds is 42. The Labute approximate surface area is 374 Å². The van der Waals surface area contributed by atoms with E-state index in [1.165, 1.54) is 70.6 Å². The van der Waals surface area contributed by atoms with Crippen LogP contribution in [0.3, 0.4) is 0 Å². The third kappa shape index (κ3) is 47.0. The van der Waals surface area contributed by atoms with Gasteiger partial charge in [-0.2, -0.15) is 0 Å². The van der Waals surface area contributed by atoms with Crippen LogP contribution in [-0.2, 0) is 28.6 Å². The minimum atomic E-state index is -0.819. The van der Waals surface area contributed by atoms with Gasteiger partial charge in [0.05, 0.1) is 0 Å². The SMILES string of the molecule is CC\C=C/C=C\C=C/C=C\C=C/CCCC(=O)OCC(COC(=O)CCCCC/C=C\C/C=C\C/C=C\C/C=C\CC)OC(=O)CCCCCCCCCCCCCCCC. The highest BCUT2D eigenvalue weighted by atomic mass is 16.6. The molecule has 6 nitrogen and oxygen atoms in total. The van der Waals surface area contributed by atoms with E-state index in [-0.39, 0.29) is 37.5 Å². The molecule has 344 valence electrons. The van der Waals surface area contributed by atoms with Crippen LogP contribution in [0.25, 0.3) is 0 Å². The number of unbranched alkanes of at least 4 members (excludes halogenated alkanes) is 17. The lowest BCUT2D eigenvalue weighted by molar-refractivity contribution is -0.167. The summed E-state index contributed by atoms with van der Waals surface area (Å²) in [4.78, 5) is 37.9. The molecular weight excluding hydrogens is 757 g/mol. The fourth-order valence-electron chi connectivity index (χ4n) is 6.29. The molecule has 0 spiro atoms. The molecule has 0 aliphatic rings. The van der Waals surface area contributed by atoms with Crippen molar-refractivity contribution in [3.8, 4) is 0 Å². The van der Waals surface area contributed by atoms with E-state index in [2.05, 4.69) is 75.5 Å². The summed E-state index contributed by atoms with van der Waals surface area (Å²) in [7, 11) is 0. The number of carbonyl (C=O) groups is 3. The van der Waals surface area contributed by atoms with Crippen molar-refractivity contribution in [3.05, 3.63) is 109 Å². The van der Waals surface area contributed by atoms with Crippen LogP contribution in [0, 0.1) is 0 Å². The molecule has 0 amide bonds. The second-order valence-electron chi connectivity index (χ2n) is 15.7. The smallest absolute Gasteiger partial charge is 0.306 e. The Morgan fingerprint density at radius 3 is 1.25 bits per heavy atom. The lowest BCUT2D eigenvalue weighted by Crippen LogP contribution is -2.30. The fourth-order valence-corrected chi connectivity index (χ4v) is 6.29. The van der Waals surface area contributed by atoms with E-state index in [0.29, 0.717) is 19.3 Å². The van der Waals surface area contributed by atoms with Crippen LogP contribution in [0.2, 0.25) is 0 Å². The van der Waals surface area contributed by atoms with Crippen LogP contribution in [0.5, 0.6) is 0 Å². The van der Waals surface area contributed by atoms with Gasteiger partial charge in [-0.05, 0) is 70.6 Å². The van der Waals surface area contributed by atoms with Gasteiger partial charge in [-0.25, -0.2) is 0 Å². The highest BCUT2D eigenvalue weighted by Gasteiger charge is 2.19. The maximum Gasteiger partial charge on any atom is 0.306 e. The minimum Gasteiger partial charge on any atom is -0.462 e. The van der Waals surface area contributed by atoms with Gasteiger partial charge in [-0.1, -0.05) is 220 Å². The summed E-state index contributed by atoms with van der Waals surface area (Å²) in [5, 5.41) is 0. The number of allylic oxidation sites excluding steroid dienone is 18. The number of esters is 3. The minimum absolute atomic E-state index is 0.118. The normalized spacial score (nSPS) is 13.0. The summed E-state index contributed by atoms with van der Waals surface area (Å²) >= 11 is 0. The average Bonchev–Trinajstić information content (AvgIpc) is 3.26. The molecule has 0 saturated carbocycles. The van der Waals surface area contributed by atoms with Crippen molar-refractivity contribution in [1.29, 1.82) is 0 Å². The summed E-state index contributed by atoms with van der Waals surface area (Å²) in [5.41, 5.74) is 0. The van der Waals surface area contributed by atoms with E-state index in [0.717, 1.165) is 83.5 Å². The largest absolute Gasteiger partial charge is 0.462 e. The highest BCUT2D eigenvalue weighted by Crippen LogP contribution is 2.14. The Bertz CT molecular complexity index is 1290. The summed E-state index contributed by atoms with van der Waals surface area (Å²) in [5.74, 6) is -1.03. The van der Waals surface area contributed by atoms with Gasteiger partial charge < -0.3 is 14.2 Å². The molecule has 0 aromatic carbocycles. The summed E-state index contributed by atoms with van der Waals surface area (Å²) in [6, 6.07) is 0. The molecule has 0 aromatic rings. The first-order valence-corrected chi connectivity index (χ1v) is 24.5. The maximum atomic E-state index is 12.8. The molecule has 0 fully saturated rings. The molecule has 1 atom stereocenters. The van der Waals surface area contributed by atoms with Crippen molar-refractivity contribution >= 4 is 17.9 Å². The van der Waals surface area contributed by atoms with Gasteiger partial charge in [-0.3, -0.25) is 14.4 Å². The van der Waals surface area contributed by atoms with Crippen molar-refractivity contribution in [2.75, 3.05) is 13.2 Å². The van der Waals surface area contributed by atoms with Crippen molar-refractivity contribution in [2.45, 2.75) is 207 Å². The first-order chi connectivity index (χ1) is 30.0. The zero-order valence-electron chi connectivity index (χ0n) is 39.1. The van der Waals surface area contributed by atoms with E-state index in [1.807, 2.05) is 54.7 Å². The third-order valence-corrected chi connectivity index (χ3v) is 9.90. The van der Waals surface area contributed by atoms with Gasteiger partial charge in [0.2, 0.25) is 0 Å². The Balaban J connectivity index is 4.55. The van der Waals surface area contributed by atoms with Gasteiger partial charge in [0.15, 0.2) is 6.10 Å². The zero-order valence-corrected chi connectivity index (χ0v) is 39.1. The third-order valence-electron chi connectivity index (χ3n) is 9.90. The number of hydrogen-bond donors (Lipinski definition) is 0. The van der Waals surface area contributed by atoms with Gasteiger partial charge >= 0.3 is 17.9 Å². The Kier molecular flexibility index (Phi) is 45.6. The monoisotopic (exact) mass is 845 g/mol. The van der Waals surface area contributed by atoms with Crippen molar-refractivity contribution in [1.82, 2.24) is 0 Å². The lowest BCUT2D eigenvalue weighted by Gasteiger charge is -2.18. The summed E-state index contributed by atoms with van der Waals surface area (Å²) < 4.78 is 16.7. The average molecular weight is 845 g/mol. The van der Waals surface area contributed by atoms with E-state index in [9.17, 15) is 14.4 Å². The topological polar surface area (TPSA) is 78.9 Å². The summed E-state index contributed by atoms with van der Waals surface area (Å²) in [6.07, 6.45) is 65.1. The number of carbonyl (C=O) groups excluding carboxylic acids is 3. The van der Waals surface area contributed by atoms with Crippen molar-refractivity contribution < 1.29 is 28.6 Å². The second-order valence-corrected chi connectivity index (χ2v) is 15.7. The molecule has 0 saturated heterocycles. The van der Waals surface area contributed by atoms with Crippen LogP contribution in [0.1, 0.15) is 201 Å². The molecule has 0 N–H and O–H groups in total. The van der Waals surface area contributed by atoms with Crippen LogP contribution in [0.15, 0.2) is 109 Å². The number of ether oxygens (including phenoxy) is 3. The predicted octanol–water partition coefficient (Wildman–Crippen LogP) is 16.0. The highest BCUT2D eigenvalue weighted by molar-refractivity contribution is 5.71. The van der Waals surface area contributed by atoms with E-state index < -0.39 is 6.10 Å². The quantitative estimate of drug-likeness (QED) is 0.0200. The first-order valence-electron chi connectivity index (χ1n) is 24.5. The van der Waals surface area contributed by atoms with Crippen LogP contribution < -0.4 is 0 Å². The van der Waals surface area contributed by atoms with Gasteiger partial charge in [0, 0.05) is 19.3 Å². The van der Waals surface area contributed by atoms with E-state index in [4.69, 9.17) is 14.2 Å². The van der Waals surface area contributed by atoms with E-state index >= 15 is 0 Å². The van der Waals surface area contributed by atoms with Gasteiger partial charge in [0.25, 0.3) is 0 Å². The second kappa shape index (κ2) is 48.7. The molecule has 6 heteroatoms. The van der Waals surface area contributed by atoms with E-state index in [1.54, 1.807) is 0 Å². The van der Waals surface area contributed by atoms with Crippen molar-refractivity contribution in [2.24, 2.45) is 0 Å². The zero-order chi connectivity index (χ0) is 44.4. The molecule has 0 aliphatic carbocycles. The van der Waals surface area contributed by atoms with Gasteiger partial charge in [-0.15, -0.1) is 0 Å². The molecule has 0 aliphatic heterocycles. The summed E-state index contributed by atoms with van der Waals surface area (Å²) in [6.45, 7) is 6.27. The standard InChI is InChI=1S/C55H88O6/c1-4-7-10-13-16-19-22-25-27-28-31-33-36-39-42-45-48-54(57)60-51-52(50-59-53(56)47-44-41-38-35-32-29-24-21-18-15-12-9-6-3)61-55(58)49-46-43-40-37-34-30-26-23-20-17-14-11-8-5-2/h7,9-10,12,15-16,18-19,21,24-25,27,29,31-33,35,38,52H,4-6,8,11,13-14,17,20,22-23,26,28,30,34,36-37,39-51H2,1-3H3/b10-7-,12-9-,18-15-,19-16-,24-21-,27-25-,32-29-,33-31-,38-35-. The van der Waals surface area contributed by atoms with Crippen LogP contribution in [-0.4, -0.2) is 37.2 Å². The molecule has 1 unspecified atom stereocenters. The molecule has 0 aromatic heterocycles. The predicted molar refractivity (Wildman–Crippen MR) is 260 cm³/mol. The lowest BCUT2D eigenvalue weighted by atomic mass is 10.0. The molecule has 61 heavy (non-hydrogen) atoms. The first kappa shape index (κ1) is 57.1. The van der Waals surface area contributed by atoms with Crippen LogP contribution >= 0.6 is 0 Å². The Morgan fingerprint density at radius 1 is 0.361 bits per heavy atom. The Hall–Kier alpha value is -3.93. The molecular formula is C55H88O6. The number of hydrogen-bond acceptors (Lipinski definition) is 6. The molecule has 0 heterocycles. The van der Waals surface area contributed by atoms with Crippen molar-refractivity contribution in [3.63, 3.8) is 0 Å². The molecule has 0 bridgehead atoms. The van der Waals surface area contributed by atoms with Crippen LogP contribution in [0.4, 0.5) is 0 Å². The molecule has 0 rings (SSSR count). The Morgan fingerprint density at radius 2 is 0.738 bits per heavy atom. The fraction of sp³-hybridized carbons (Fsp3) is 0.618. The molecule has 0 radical (unpaired) electrons.